The smallest absolute Gasteiger partial charge is 0.304 e. The van der Waals surface area contributed by atoms with Crippen molar-refractivity contribution in [3.8, 4) is 0 Å². The minimum Gasteiger partial charge on any atom is -0.481 e. The first kappa shape index (κ1) is 12.0. The Morgan fingerprint density at radius 2 is 1.87 bits per heavy atom. The first-order valence-corrected chi connectivity index (χ1v) is 5.48. The molecule has 1 N–H and O–H groups in total. The number of carboxylic acid groups (broad SMARTS) is 1. The number of carbonyl (C=O) groups is 1. The Balaban J connectivity index is 2.40. The topological polar surface area (TPSA) is 37.3 Å². The molecule has 0 heterocycles. The fraction of sp³-hybridized carbons (Fsp3) is 0.300. The summed E-state index contributed by atoms with van der Waals surface area (Å²) in [5.41, 5.74) is 0.530. The Bertz CT molecular complexity index is 335. The average Bonchev–Trinajstić information content (AvgIpc) is 2.10. The van der Waals surface area contributed by atoms with Gasteiger partial charge in [0.05, 0.1) is 6.42 Å². The average molecular weight is 232 g/mol. The van der Waals surface area contributed by atoms with E-state index in [1.807, 2.05) is 0 Å². The molecular formula is C10H10F2O2S. The molecule has 1 aromatic carbocycles. The zero-order chi connectivity index (χ0) is 11.3. The summed E-state index contributed by atoms with van der Waals surface area (Å²) >= 11 is 1.34. The molecule has 0 aliphatic heterocycles. The van der Waals surface area contributed by atoms with Crippen molar-refractivity contribution in [1.82, 2.24) is 0 Å². The third-order valence-electron chi connectivity index (χ3n) is 1.65. The second kappa shape index (κ2) is 5.70. The predicted octanol–water partition coefficient (Wildman–Crippen LogP) is 2.67. The maximum atomic E-state index is 12.7. The van der Waals surface area contributed by atoms with Crippen LogP contribution >= 0.6 is 11.8 Å². The van der Waals surface area contributed by atoms with E-state index in [2.05, 4.69) is 0 Å². The molecule has 0 aromatic heterocycles. The lowest BCUT2D eigenvalue weighted by Gasteiger charge is -2.01. The summed E-state index contributed by atoms with van der Waals surface area (Å²) in [6.07, 6.45) is 0.0580. The number of hydrogen-bond donors (Lipinski definition) is 1. The standard InChI is InChI=1S/C10H10F2O2S/c11-8-3-7(4-9(12)5-8)6-15-2-1-10(13)14/h3-5H,1-2,6H2,(H,13,14). The van der Waals surface area contributed by atoms with Crippen LogP contribution in [-0.4, -0.2) is 16.8 Å². The maximum absolute atomic E-state index is 12.7. The molecule has 15 heavy (non-hydrogen) atoms. The molecule has 1 rings (SSSR count). The molecule has 0 aliphatic rings. The second-order valence-corrected chi connectivity index (χ2v) is 4.08. The van der Waals surface area contributed by atoms with Crippen molar-refractivity contribution in [3.63, 3.8) is 0 Å². The van der Waals surface area contributed by atoms with Crippen LogP contribution in [0.15, 0.2) is 18.2 Å². The highest BCUT2D eigenvalue weighted by Crippen LogP contribution is 2.15. The van der Waals surface area contributed by atoms with Gasteiger partial charge in [0.25, 0.3) is 0 Å². The Hall–Kier alpha value is -1.10. The van der Waals surface area contributed by atoms with Crippen molar-refractivity contribution >= 4 is 17.7 Å². The van der Waals surface area contributed by atoms with Gasteiger partial charge in [0.1, 0.15) is 11.6 Å². The Kier molecular flexibility index (Phi) is 4.55. The van der Waals surface area contributed by atoms with Gasteiger partial charge in [0.15, 0.2) is 0 Å². The number of rotatable bonds is 5. The van der Waals surface area contributed by atoms with E-state index in [-0.39, 0.29) is 6.42 Å². The Morgan fingerprint density at radius 1 is 1.27 bits per heavy atom. The van der Waals surface area contributed by atoms with Crippen molar-refractivity contribution in [2.75, 3.05) is 5.75 Å². The lowest BCUT2D eigenvalue weighted by atomic mass is 10.2. The molecule has 0 spiro atoms. The van der Waals surface area contributed by atoms with Crippen LogP contribution < -0.4 is 0 Å². The van der Waals surface area contributed by atoms with E-state index in [4.69, 9.17) is 5.11 Å². The number of aliphatic carboxylic acids is 1. The van der Waals surface area contributed by atoms with Gasteiger partial charge in [-0.05, 0) is 17.7 Å². The number of thioether (sulfide) groups is 1. The summed E-state index contributed by atoms with van der Waals surface area (Å²) in [5.74, 6) is -1.23. The van der Waals surface area contributed by atoms with Crippen molar-refractivity contribution in [3.05, 3.63) is 35.4 Å². The van der Waals surface area contributed by atoms with Gasteiger partial charge in [-0.1, -0.05) is 0 Å². The molecule has 5 heteroatoms. The molecule has 0 radical (unpaired) electrons. The van der Waals surface area contributed by atoms with Crippen LogP contribution in [0.25, 0.3) is 0 Å². The van der Waals surface area contributed by atoms with Gasteiger partial charge in [0.2, 0.25) is 0 Å². The Morgan fingerprint density at radius 3 is 2.40 bits per heavy atom. The van der Waals surface area contributed by atoms with Crippen LogP contribution in [0.2, 0.25) is 0 Å². The molecule has 0 bridgehead atoms. The molecule has 0 atom stereocenters. The molecule has 2 nitrogen and oxygen atoms in total. The highest BCUT2D eigenvalue weighted by molar-refractivity contribution is 7.98. The molecular weight excluding hydrogens is 222 g/mol. The van der Waals surface area contributed by atoms with Gasteiger partial charge in [0, 0.05) is 17.6 Å². The fourth-order valence-electron chi connectivity index (χ4n) is 1.04. The van der Waals surface area contributed by atoms with Crippen LogP contribution in [0.1, 0.15) is 12.0 Å². The summed E-state index contributed by atoms with van der Waals surface area (Å²) in [5, 5.41) is 8.37. The van der Waals surface area contributed by atoms with Gasteiger partial charge in [-0.25, -0.2) is 8.78 Å². The van der Waals surface area contributed by atoms with Crippen LogP contribution in [-0.2, 0) is 10.5 Å². The van der Waals surface area contributed by atoms with Gasteiger partial charge >= 0.3 is 5.97 Å². The molecule has 0 saturated carbocycles. The van der Waals surface area contributed by atoms with Gasteiger partial charge in [-0.2, -0.15) is 11.8 Å². The number of hydrogen-bond acceptors (Lipinski definition) is 2. The maximum Gasteiger partial charge on any atom is 0.304 e. The van der Waals surface area contributed by atoms with E-state index >= 15 is 0 Å². The van der Waals surface area contributed by atoms with E-state index in [9.17, 15) is 13.6 Å². The minimum absolute atomic E-state index is 0.0580. The summed E-state index contributed by atoms with van der Waals surface area (Å²) in [7, 11) is 0. The third kappa shape index (κ3) is 4.78. The van der Waals surface area contributed by atoms with Crippen LogP contribution in [0, 0.1) is 11.6 Å². The normalized spacial score (nSPS) is 10.3. The van der Waals surface area contributed by atoms with Crippen molar-refractivity contribution in [1.29, 1.82) is 0 Å². The number of carboxylic acids is 1. The van der Waals surface area contributed by atoms with Crippen molar-refractivity contribution in [2.24, 2.45) is 0 Å². The molecule has 0 amide bonds. The molecule has 1 aromatic rings. The molecule has 0 fully saturated rings. The zero-order valence-corrected chi connectivity index (χ0v) is 8.69. The predicted molar refractivity (Wildman–Crippen MR) is 54.8 cm³/mol. The van der Waals surface area contributed by atoms with E-state index in [0.717, 1.165) is 6.07 Å². The molecule has 0 unspecified atom stereocenters. The lowest BCUT2D eigenvalue weighted by Crippen LogP contribution is -1.96. The van der Waals surface area contributed by atoms with Crippen molar-refractivity contribution in [2.45, 2.75) is 12.2 Å². The van der Waals surface area contributed by atoms with Crippen LogP contribution in [0.4, 0.5) is 8.78 Å². The monoisotopic (exact) mass is 232 g/mol. The number of benzene rings is 1. The first-order valence-electron chi connectivity index (χ1n) is 4.32. The largest absolute Gasteiger partial charge is 0.481 e. The third-order valence-corrected chi connectivity index (χ3v) is 2.68. The second-order valence-electron chi connectivity index (χ2n) is 2.97. The summed E-state index contributed by atoms with van der Waals surface area (Å²) in [6, 6.07) is 3.30. The SMILES string of the molecule is O=C(O)CCSCc1cc(F)cc(F)c1. The first-order chi connectivity index (χ1) is 7.08. The van der Waals surface area contributed by atoms with E-state index < -0.39 is 17.6 Å². The van der Waals surface area contributed by atoms with Crippen LogP contribution in [0.5, 0.6) is 0 Å². The summed E-state index contributed by atoms with van der Waals surface area (Å²) in [6.45, 7) is 0. The van der Waals surface area contributed by atoms with Gasteiger partial charge < -0.3 is 5.11 Å². The highest BCUT2D eigenvalue weighted by atomic mass is 32.2. The molecule has 0 aliphatic carbocycles. The minimum atomic E-state index is -0.868. The van der Waals surface area contributed by atoms with E-state index in [1.165, 1.54) is 23.9 Å². The summed E-state index contributed by atoms with van der Waals surface area (Å²) < 4.78 is 25.4. The highest BCUT2D eigenvalue weighted by Gasteiger charge is 2.02. The van der Waals surface area contributed by atoms with Crippen molar-refractivity contribution < 1.29 is 18.7 Å². The van der Waals surface area contributed by atoms with E-state index in [1.54, 1.807) is 0 Å². The number of halogens is 2. The van der Waals surface area contributed by atoms with Gasteiger partial charge in [-0.3, -0.25) is 4.79 Å². The van der Waals surface area contributed by atoms with Crippen LogP contribution in [0.3, 0.4) is 0 Å². The lowest BCUT2D eigenvalue weighted by molar-refractivity contribution is -0.136. The zero-order valence-electron chi connectivity index (χ0n) is 7.87. The van der Waals surface area contributed by atoms with E-state index in [0.29, 0.717) is 17.1 Å². The van der Waals surface area contributed by atoms with Gasteiger partial charge in [-0.15, -0.1) is 0 Å². The summed E-state index contributed by atoms with van der Waals surface area (Å²) in [4.78, 5) is 10.2. The fourth-order valence-corrected chi connectivity index (χ4v) is 1.91. The Labute approximate surface area is 90.3 Å². The molecule has 0 saturated heterocycles. The molecule has 82 valence electrons. The quantitative estimate of drug-likeness (QED) is 0.793.